The van der Waals surface area contributed by atoms with Crippen LogP contribution in [-0.2, 0) is 0 Å². The molecule has 0 saturated carbocycles. The fraction of sp³-hybridized carbons (Fsp3) is 0.250. The van der Waals surface area contributed by atoms with Crippen LogP contribution >= 0.6 is 11.6 Å². The number of aliphatic imine (C=N–C) groups is 1. The van der Waals surface area contributed by atoms with E-state index in [2.05, 4.69) is 16.0 Å². The Labute approximate surface area is 94.9 Å². The van der Waals surface area contributed by atoms with Crippen molar-refractivity contribution < 1.29 is 0 Å². The molecule has 1 aromatic rings. The van der Waals surface area contributed by atoms with E-state index < -0.39 is 0 Å². The highest BCUT2D eigenvalue weighted by molar-refractivity contribution is 6.30. The number of nitrogens with zero attached hydrogens (tertiary/aromatic N) is 2. The smallest absolute Gasteiger partial charge is 0.101 e. The van der Waals surface area contributed by atoms with Crippen LogP contribution < -0.4 is 0 Å². The van der Waals surface area contributed by atoms with Crippen LogP contribution in [0.1, 0.15) is 12.5 Å². The minimum absolute atomic E-state index is 0.764. The number of hydrogen-bond acceptors (Lipinski definition) is 2. The molecule has 0 amide bonds. The zero-order valence-electron chi connectivity index (χ0n) is 8.87. The van der Waals surface area contributed by atoms with Crippen LogP contribution in [0, 0.1) is 0 Å². The number of likely N-dealkylation sites (N-methyl/N-ethyl adjacent to an activating group) is 1. The largest absolute Gasteiger partial charge is 0.357 e. The lowest BCUT2D eigenvalue weighted by molar-refractivity contribution is 0.575. The van der Waals surface area contributed by atoms with Gasteiger partial charge >= 0.3 is 0 Å². The molecule has 0 bridgehead atoms. The first kappa shape index (κ1) is 10.2. The van der Waals surface area contributed by atoms with E-state index in [0.717, 1.165) is 28.7 Å². The van der Waals surface area contributed by atoms with E-state index in [9.17, 15) is 0 Å². The molecule has 0 unspecified atom stereocenters. The molecule has 2 rings (SSSR count). The molecule has 0 fully saturated rings. The van der Waals surface area contributed by atoms with Crippen LogP contribution in [0.2, 0.25) is 5.02 Å². The first-order valence-electron chi connectivity index (χ1n) is 4.88. The fourth-order valence-corrected chi connectivity index (χ4v) is 1.64. The van der Waals surface area contributed by atoms with Gasteiger partial charge in [-0.05, 0) is 30.7 Å². The Morgan fingerprint density at radius 3 is 2.53 bits per heavy atom. The van der Waals surface area contributed by atoms with Crippen molar-refractivity contribution >= 4 is 23.5 Å². The van der Waals surface area contributed by atoms with Crippen LogP contribution in [0.4, 0.5) is 0 Å². The predicted octanol–water partition coefficient (Wildman–Crippen LogP) is 3.04. The van der Waals surface area contributed by atoms with Gasteiger partial charge in [-0.3, -0.25) is 0 Å². The van der Waals surface area contributed by atoms with E-state index in [4.69, 9.17) is 11.6 Å². The molecule has 1 aromatic carbocycles. The lowest BCUT2D eigenvalue weighted by Crippen LogP contribution is -2.18. The van der Waals surface area contributed by atoms with E-state index in [1.165, 1.54) is 0 Å². The standard InChI is InChI=1S/C12H13ClN2/c1-9-14-12(8-15(9)2)7-10-3-5-11(13)6-4-10/h3-7H,8H2,1-2H3. The maximum atomic E-state index is 5.82. The molecule has 1 aliphatic rings. The highest BCUT2D eigenvalue weighted by Crippen LogP contribution is 2.16. The summed E-state index contributed by atoms with van der Waals surface area (Å²) in [6.45, 7) is 2.90. The normalized spacial score (nSPS) is 18.5. The average molecular weight is 221 g/mol. The molecule has 0 N–H and O–H groups in total. The quantitative estimate of drug-likeness (QED) is 0.710. The number of rotatable bonds is 1. The number of halogens is 1. The molecule has 3 heteroatoms. The average Bonchev–Trinajstić information content (AvgIpc) is 2.50. The SMILES string of the molecule is CC1=NC(=Cc2ccc(Cl)cc2)CN1C. The monoisotopic (exact) mass is 220 g/mol. The third kappa shape index (κ3) is 2.39. The second-order valence-corrected chi connectivity index (χ2v) is 4.14. The van der Waals surface area contributed by atoms with E-state index >= 15 is 0 Å². The molecule has 0 spiro atoms. The fourth-order valence-electron chi connectivity index (χ4n) is 1.52. The molecule has 1 heterocycles. The van der Waals surface area contributed by atoms with Crippen LogP contribution in [-0.4, -0.2) is 24.3 Å². The van der Waals surface area contributed by atoms with E-state index in [1.807, 2.05) is 38.2 Å². The zero-order chi connectivity index (χ0) is 10.8. The molecule has 78 valence electrons. The number of benzene rings is 1. The second-order valence-electron chi connectivity index (χ2n) is 3.70. The predicted molar refractivity (Wildman–Crippen MR) is 65.2 cm³/mol. The lowest BCUT2D eigenvalue weighted by atomic mass is 10.2. The summed E-state index contributed by atoms with van der Waals surface area (Å²) in [5.74, 6) is 1.07. The summed E-state index contributed by atoms with van der Waals surface area (Å²) in [6, 6.07) is 7.78. The van der Waals surface area contributed by atoms with Gasteiger partial charge in [-0.25, -0.2) is 4.99 Å². The van der Waals surface area contributed by atoms with Gasteiger partial charge in [-0.2, -0.15) is 0 Å². The van der Waals surface area contributed by atoms with Gasteiger partial charge in [0, 0.05) is 12.1 Å². The lowest BCUT2D eigenvalue weighted by Gasteiger charge is -2.07. The van der Waals surface area contributed by atoms with Crippen molar-refractivity contribution in [3.05, 3.63) is 40.5 Å². The van der Waals surface area contributed by atoms with Crippen LogP contribution in [0.3, 0.4) is 0 Å². The van der Waals surface area contributed by atoms with E-state index in [1.54, 1.807) is 0 Å². The Morgan fingerprint density at radius 2 is 2.00 bits per heavy atom. The van der Waals surface area contributed by atoms with Crippen LogP contribution in [0.15, 0.2) is 35.0 Å². The summed E-state index contributed by atoms with van der Waals surface area (Å²) in [6.07, 6.45) is 2.09. The van der Waals surface area contributed by atoms with Gasteiger partial charge < -0.3 is 4.90 Å². The highest BCUT2D eigenvalue weighted by atomic mass is 35.5. The zero-order valence-corrected chi connectivity index (χ0v) is 9.62. The summed E-state index contributed by atoms with van der Waals surface area (Å²) in [4.78, 5) is 6.58. The molecule has 2 nitrogen and oxygen atoms in total. The maximum absolute atomic E-state index is 5.82. The Hall–Kier alpha value is -1.28. The van der Waals surface area contributed by atoms with Crippen molar-refractivity contribution in [2.24, 2.45) is 4.99 Å². The first-order chi connectivity index (χ1) is 7.15. The summed E-state index contributed by atoms with van der Waals surface area (Å²) >= 11 is 5.82. The topological polar surface area (TPSA) is 15.6 Å². The van der Waals surface area contributed by atoms with Crippen LogP contribution in [0.5, 0.6) is 0 Å². The first-order valence-corrected chi connectivity index (χ1v) is 5.25. The minimum Gasteiger partial charge on any atom is -0.357 e. The Kier molecular flexibility index (Phi) is 2.78. The van der Waals surface area contributed by atoms with Gasteiger partial charge in [0.25, 0.3) is 0 Å². The van der Waals surface area contributed by atoms with Crippen molar-refractivity contribution in [1.29, 1.82) is 0 Å². The van der Waals surface area contributed by atoms with Crippen molar-refractivity contribution in [2.75, 3.05) is 13.6 Å². The summed E-state index contributed by atoms with van der Waals surface area (Å²) < 4.78 is 0. The Bertz CT molecular complexity index is 418. The molecule has 0 aliphatic carbocycles. The third-order valence-electron chi connectivity index (χ3n) is 2.46. The molecular weight excluding hydrogens is 208 g/mol. The summed E-state index contributed by atoms with van der Waals surface area (Å²) in [5.41, 5.74) is 2.23. The molecule has 15 heavy (non-hydrogen) atoms. The van der Waals surface area contributed by atoms with Gasteiger partial charge in [0.1, 0.15) is 5.84 Å². The second kappa shape index (κ2) is 4.07. The molecule has 0 aromatic heterocycles. The third-order valence-corrected chi connectivity index (χ3v) is 2.71. The number of hydrogen-bond donors (Lipinski definition) is 0. The molecular formula is C12H13ClN2. The van der Waals surface area contributed by atoms with Gasteiger partial charge in [0.2, 0.25) is 0 Å². The summed E-state index contributed by atoms with van der Waals surface area (Å²) in [7, 11) is 2.04. The number of amidine groups is 1. The van der Waals surface area contributed by atoms with Crippen molar-refractivity contribution in [3.63, 3.8) is 0 Å². The van der Waals surface area contributed by atoms with Gasteiger partial charge in [0.15, 0.2) is 0 Å². The molecule has 0 radical (unpaired) electrons. The van der Waals surface area contributed by atoms with Gasteiger partial charge in [-0.15, -0.1) is 0 Å². The van der Waals surface area contributed by atoms with Gasteiger partial charge in [0.05, 0.1) is 12.2 Å². The van der Waals surface area contributed by atoms with Crippen LogP contribution in [0.25, 0.3) is 6.08 Å². The highest BCUT2D eigenvalue weighted by Gasteiger charge is 2.11. The summed E-state index contributed by atoms with van der Waals surface area (Å²) in [5, 5.41) is 0.764. The molecule has 0 atom stereocenters. The maximum Gasteiger partial charge on any atom is 0.101 e. The molecule has 1 aliphatic heterocycles. The Balaban J connectivity index is 2.22. The minimum atomic E-state index is 0.764. The van der Waals surface area contributed by atoms with E-state index in [0.29, 0.717) is 0 Å². The molecule has 0 saturated heterocycles. The van der Waals surface area contributed by atoms with E-state index in [-0.39, 0.29) is 0 Å². The van der Waals surface area contributed by atoms with Crippen molar-refractivity contribution in [3.8, 4) is 0 Å². The van der Waals surface area contributed by atoms with Gasteiger partial charge in [-0.1, -0.05) is 23.7 Å². The Morgan fingerprint density at radius 1 is 1.33 bits per heavy atom. The van der Waals surface area contributed by atoms with Crippen molar-refractivity contribution in [2.45, 2.75) is 6.92 Å². The van der Waals surface area contributed by atoms with Crippen molar-refractivity contribution in [1.82, 2.24) is 4.90 Å².